The highest BCUT2D eigenvalue weighted by Crippen LogP contribution is 2.29. The van der Waals surface area contributed by atoms with Crippen LogP contribution in [0.3, 0.4) is 0 Å². The number of hydrogen-bond donors (Lipinski definition) is 2. The Morgan fingerprint density at radius 3 is 2.31 bits per heavy atom. The van der Waals surface area contributed by atoms with Crippen molar-refractivity contribution in [3.8, 4) is 17.5 Å². The van der Waals surface area contributed by atoms with Crippen molar-refractivity contribution in [3.63, 3.8) is 0 Å². The number of aromatic nitrogens is 1. The second kappa shape index (κ2) is 9.42. The average molecular weight is 389 g/mol. The highest BCUT2D eigenvalue weighted by atomic mass is 16.5. The van der Waals surface area contributed by atoms with E-state index >= 15 is 0 Å². The fourth-order valence-corrected chi connectivity index (χ4v) is 3.74. The van der Waals surface area contributed by atoms with Crippen molar-refractivity contribution < 1.29 is 9.84 Å². The first kappa shape index (κ1) is 20.7. The topological polar surface area (TPSA) is 70.2 Å². The van der Waals surface area contributed by atoms with Gasteiger partial charge in [-0.1, -0.05) is 36.4 Å². The van der Waals surface area contributed by atoms with E-state index in [1.807, 2.05) is 48.5 Å². The third-order valence-electron chi connectivity index (χ3n) is 5.19. The third-order valence-corrected chi connectivity index (χ3v) is 5.19. The molecule has 1 heterocycles. The average Bonchev–Trinajstić information content (AvgIpc) is 3.09. The van der Waals surface area contributed by atoms with Crippen LogP contribution in [0.1, 0.15) is 28.6 Å². The summed E-state index contributed by atoms with van der Waals surface area (Å²) >= 11 is 0. The zero-order chi connectivity index (χ0) is 20.8. The first-order valence-corrected chi connectivity index (χ1v) is 9.71. The normalized spacial score (nSPS) is 12.9. The minimum atomic E-state index is -0.487. The van der Waals surface area contributed by atoms with Gasteiger partial charge < -0.3 is 14.4 Å². The maximum absolute atomic E-state index is 9.87. The number of methoxy groups -OCH3 is 1. The molecule has 1 aromatic heterocycles. The van der Waals surface area contributed by atoms with Crippen LogP contribution in [0.4, 0.5) is 0 Å². The van der Waals surface area contributed by atoms with Gasteiger partial charge in [-0.2, -0.15) is 5.26 Å². The smallest absolute Gasteiger partial charge is 0.124 e. The van der Waals surface area contributed by atoms with Crippen molar-refractivity contribution in [3.05, 3.63) is 83.2 Å². The number of nitrogens with zero attached hydrogens (tertiary/aromatic N) is 2. The molecule has 0 amide bonds. The largest absolute Gasteiger partial charge is 0.496 e. The lowest BCUT2D eigenvalue weighted by molar-refractivity contribution is 0.239. The van der Waals surface area contributed by atoms with E-state index in [1.165, 1.54) is 0 Å². The summed E-state index contributed by atoms with van der Waals surface area (Å²) < 4.78 is 7.80. The van der Waals surface area contributed by atoms with E-state index in [-0.39, 0.29) is 12.6 Å². The van der Waals surface area contributed by atoms with Gasteiger partial charge in [0.25, 0.3) is 0 Å². The molecular weight excluding hydrogens is 362 g/mol. The molecule has 0 saturated heterocycles. The molecule has 0 fully saturated rings. The fraction of sp³-hybridized carbons (Fsp3) is 0.292. The highest BCUT2D eigenvalue weighted by Gasteiger charge is 2.21. The number of aliphatic hydroxyl groups is 1. The molecule has 0 bridgehead atoms. The van der Waals surface area contributed by atoms with Gasteiger partial charge in [0.05, 0.1) is 31.5 Å². The third kappa shape index (κ3) is 4.51. The summed E-state index contributed by atoms with van der Waals surface area (Å²) in [5.41, 5.74) is 5.16. The van der Waals surface area contributed by atoms with Crippen molar-refractivity contribution in [2.75, 3.05) is 13.7 Å². The molecule has 0 unspecified atom stereocenters. The van der Waals surface area contributed by atoms with E-state index in [4.69, 9.17) is 4.74 Å². The SMILES string of the molecule is COc1cccc(-n2c(C)ccc2C)c1C[C@H](C#N)N[C@@H](CO)c1ccccc1. The van der Waals surface area contributed by atoms with Gasteiger partial charge in [-0.25, -0.2) is 0 Å². The van der Waals surface area contributed by atoms with Gasteiger partial charge in [-0.05, 0) is 43.7 Å². The zero-order valence-corrected chi connectivity index (χ0v) is 17.1. The summed E-state index contributed by atoms with van der Waals surface area (Å²) in [6.45, 7) is 4.04. The van der Waals surface area contributed by atoms with Crippen LogP contribution in [-0.4, -0.2) is 29.4 Å². The van der Waals surface area contributed by atoms with E-state index in [9.17, 15) is 10.4 Å². The fourth-order valence-electron chi connectivity index (χ4n) is 3.74. The highest BCUT2D eigenvalue weighted by molar-refractivity contribution is 5.52. The van der Waals surface area contributed by atoms with Gasteiger partial charge in [0, 0.05) is 23.4 Å². The van der Waals surface area contributed by atoms with Gasteiger partial charge in [-0.15, -0.1) is 0 Å². The van der Waals surface area contributed by atoms with E-state index in [0.717, 1.165) is 34.0 Å². The number of benzene rings is 2. The van der Waals surface area contributed by atoms with Gasteiger partial charge in [0.15, 0.2) is 0 Å². The molecule has 150 valence electrons. The molecule has 5 nitrogen and oxygen atoms in total. The lowest BCUT2D eigenvalue weighted by Gasteiger charge is -2.23. The maximum atomic E-state index is 9.87. The van der Waals surface area contributed by atoms with Crippen molar-refractivity contribution >= 4 is 0 Å². The molecule has 0 aliphatic rings. The molecule has 0 saturated carbocycles. The molecule has 5 heteroatoms. The first-order valence-electron chi connectivity index (χ1n) is 9.71. The van der Waals surface area contributed by atoms with Crippen LogP contribution >= 0.6 is 0 Å². The standard InChI is InChI=1S/C24H27N3O2/c1-17-12-13-18(2)27(17)23-10-7-11-24(29-3)21(23)14-20(15-25)26-22(16-28)19-8-5-4-6-9-19/h4-13,20,22,26,28H,14,16H2,1-3H3/t20-,22+/m1/s1. The lowest BCUT2D eigenvalue weighted by atomic mass is 10.0. The molecular formula is C24H27N3O2. The number of nitriles is 1. The Morgan fingerprint density at radius 2 is 1.72 bits per heavy atom. The van der Waals surface area contributed by atoms with Gasteiger partial charge in [0.2, 0.25) is 0 Å². The Kier molecular flexibility index (Phi) is 6.71. The number of ether oxygens (including phenoxy) is 1. The number of aryl methyl sites for hydroxylation is 2. The molecule has 3 aromatic rings. The maximum Gasteiger partial charge on any atom is 0.124 e. The Morgan fingerprint density at radius 1 is 1.03 bits per heavy atom. The Labute approximate surface area is 172 Å². The Bertz CT molecular complexity index is 970. The lowest BCUT2D eigenvalue weighted by Crippen LogP contribution is -2.35. The summed E-state index contributed by atoms with van der Waals surface area (Å²) in [6.07, 6.45) is 0.455. The molecule has 29 heavy (non-hydrogen) atoms. The van der Waals surface area contributed by atoms with E-state index < -0.39 is 6.04 Å². The Balaban J connectivity index is 1.94. The van der Waals surface area contributed by atoms with Crippen LogP contribution < -0.4 is 10.1 Å². The van der Waals surface area contributed by atoms with E-state index in [2.05, 4.69) is 41.9 Å². The minimum Gasteiger partial charge on any atom is -0.496 e. The van der Waals surface area contributed by atoms with Crippen LogP contribution in [0.2, 0.25) is 0 Å². The van der Waals surface area contributed by atoms with Crippen molar-refractivity contribution in [1.82, 2.24) is 9.88 Å². The number of nitrogens with one attached hydrogen (secondary N) is 1. The molecule has 0 aliphatic carbocycles. The first-order chi connectivity index (χ1) is 14.1. The predicted molar refractivity (Wildman–Crippen MR) is 114 cm³/mol. The Hall–Kier alpha value is -3.07. The molecule has 3 rings (SSSR count). The summed E-state index contributed by atoms with van der Waals surface area (Å²) in [6, 6.07) is 21.3. The second-order valence-electron chi connectivity index (χ2n) is 7.11. The van der Waals surface area contributed by atoms with Crippen molar-refractivity contribution in [2.24, 2.45) is 0 Å². The number of rotatable bonds is 8. The number of hydrogen-bond acceptors (Lipinski definition) is 4. The van der Waals surface area contributed by atoms with Crippen LogP contribution in [0.5, 0.6) is 5.75 Å². The van der Waals surface area contributed by atoms with Gasteiger partial charge in [0.1, 0.15) is 11.8 Å². The number of aliphatic hydroxyl groups excluding tert-OH is 1. The predicted octanol–water partition coefficient (Wildman–Crippen LogP) is 3.86. The van der Waals surface area contributed by atoms with E-state index in [1.54, 1.807) is 7.11 Å². The van der Waals surface area contributed by atoms with Crippen LogP contribution in [0, 0.1) is 25.2 Å². The zero-order valence-electron chi connectivity index (χ0n) is 17.1. The second-order valence-corrected chi connectivity index (χ2v) is 7.11. The molecule has 0 spiro atoms. The summed E-state index contributed by atoms with van der Waals surface area (Å²) in [4.78, 5) is 0. The van der Waals surface area contributed by atoms with Gasteiger partial charge in [-0.3, -0.25) is 5.32 Å². The molecule has 0 radical (unpaired) electrons. The molecule has 0 aliphatic heterocycles. The summed E-state index contributed by atoms with van der Waals surface area (Å²) in [5.74, 6) is 0.748. The molecule has 2 N–H and O–H groups in total. The quantitative estimate of drug-likeness (QED) is 0.614. The molecule has 2 atom stereocenters. The van der Waals surface area contributed by atoms with E-state index in [0.29, 0.717) is 6.42 Å². The summed E-state index contributed by atoms with van der Waals surface area (Å²) in [5, 5.41) is 23.0. The van der Waals surface area contributed by atoms with Crippen LogP contribution in [0.25, 0.3) is 5.69 Å². The van der Waals surface area contributed by atoms with Crippen molar-refractivity contribution in [1.29, 1.82) is 5.26 Å². The molecule has 2 aromatic carbocycles. The van der Waals surface area contributed by atoms with Gasteiger partial charge >= 0.3 is 0 Å². The van der Waals surface area contributed by atoms with Crippen LogP contribution in [0.15, 0.2) is 60.7 Å². The monoisotopic (exact) mass is 389 g/mol. The van der Waals surface area contributed by atoms with Crippen molar-refractivity contribution in [2.45, 2.75) is 32.4 Å². The summed E-state index contributed by atoms with van der Waals surface area (Å²) in [7, 11) is 1.65. The minimum absolute atomic E-state index is 0.0865. The van der Waals surface area contributed by atoms with Crippen LogP contribution in [-0.2, 0) is 6.42 Å².